The van der Waals surface area contributed by atoms with Gasteiger partial charge in [-0.25, -0.2) is 5.84 Å². The van der Waals surface area contributed by atoms with Gasteiger partial charge in [0.15, 0.2) is 5.69 Å². The molecule has 0 fully saturated rings. The van der Waals surface area contributed by atoms with Gasteiger partial charge in [-0.15, -0.1) is 0 Å². The quantitative estimate of drug-likeness (QED) is 0.499. The molecule has 0 aliphatic heterocycles. The molecule has 2 aromatic rings. The van der Waals surface area contributed by atoms with Gasteiger partial charge in [0.2, 0.25) is 0 Å². The van der Waals surface area contributed by atoms with E-state index in [2.05, 4.69) is 5.10 Å². The second-order valence-electron chi connectivity index (χ2n) is 3.67. The summed E-state index contributed by atoms with van der Waals surface area (Å²) < 4.78 is 43.1. The molecular formula is C10H9F3N4O2. The number of nitrogens with one attached hydrogen (secondary N) is 1. The molecule has 19 heavy (non-hydrogen) atoms. The van der Waals surface area contributed by atoms with Crippen LogP contribution in [0.3, 0.4) is 0 Å². The summed E-state index contributed by atoms with van der Waals surface area (Å²) in [5.74, 6) is 4.67. The van der Waals surface area contributed by atoms with Crippen LogP contribution in [0.15, 0.2) is 29.0 Å². The van der Waals surface area contributed by atoms with E-state index >= 15 is 0 Å². The normalized spacial score (nSPS) is 11.6. The van der Waals surface area contributed by atoms with Gasteiger partial charge in [-0.2, -0.15) is 18.3 Å². The molecule has 3 N–H and O–H groups in total. The lowest BCUT2D eigenvalue weighted by Crippen LogP contribution is -2.29. The summed E-state index contributed by atoms with van der Waals surface area (Å²) in [5.41, 5.74) is 1.11. The standard InChI is InChI=1S/C10H9F3N4O2/c11-10(12,13)8-1-2-17(16-8)4-7-3-6(5-19-7)9(18)15-14/h1-3,5H,4,14H2,(H,15,18). The van der Waals surface area contributed by atoms with Crippen LogP contribution < -0.4 is 11.3 Å². The topological polar surface area (TPSA) is 86.1 Å². The number of amides is 1. The summed E-state index contributed by atoms with van der Waals surface area (Å²) in [6, 6.07) is 2.23. The molecule has 2 aromatic heterocycles. The van der Waals surface area contributed by atoms with Crippen molar-refractivity contribution in [2.45, 2.75) is 12.7 Å². The second kappa shape index (κ2) is 4.76. The number of rotatable bonds is 3. The number of hydrogen-bond donors (Lipinski definition) is 2. The van der Waals surface area contributed by atoms with E-state index in [-0.39, 0.29) is 17.9 Å². The first-order chi connectivity index (χ1) is 8.90. The molecular weight excluding hydrogens is 265 g/mol. The van der Waals surface area contributed by atoms with Crippen LogP contribution in [-0.4, -0.2) is 15.7 Å². The van der Waals surface area contributed by atoms with Crippen LogP contribution in [0.2, 0.25) is 0 Å². The third-order valence-electron chi connectivity index (χ3n) is 2.30. The Labute approximate surface area is 105 Å². The van der Waals surface area contributed by atoms with Gasteiger partial charge in [0.05, 0.1) is 12.1 Å². The smallest absolute Gasteiger partial charge is 0.435 e. The number of aromatic nitrogens is 2. The number of carbonyl (C=O) groups excluding carboxylic acids is 1. The molecule has 0 aromatic carbocycles. The highest BCUT2D eigenvalue weighted by Gasteiger charge is 2.33. The first kappa shape index (κ1) is 13.1. The molecule has 0 aliphatic carbocycles. The van der Waals surface area contributed by atoms with E-state index in [1.807, 2.05) is 5.43 Å². The number of hydrogen-bond acceptors (Lipinski definition) is 4. The molecule has 2 rings (SSSR count). The Kier molecular flexibility index (Phi) is 3.30. The van der Waals surface area contributed by atoms with Crippen molar-refractivity contribution in [3.63, 3.8) is 0 Å². The number of alkyl halides is 3. The number of nitrogens with two attached hydrogens (primary N) is 1. The number of hydrazine groups is 1. The van der Waals surface area contributed by atoms with Gasteiger partial charge in [-0.3, -0.25) is 14.9 Å². The minimum absolute atomic E-state index is 0.0199. The number of nitrogens with zero attached hydrogens (tertiary/aromatic N) is 2. The Morgan fingerprint density at radius 1 is 1.53 bits per heavy atom. The first-order valence-electron chi connectivity index (χ1n) is 5.09. The summed E-state index contributed by atoms with van der Waals surface area (Å²) in [5, 5.41) is 3.36. The fourth-order valence-electron chi connectivity index (χ4n) is 1.43. The Hall–Kier alpha value is -2.29. The molecule has 0 bridgehead atoms. The largest absolute Gasteiger partial charge is 0.467 e. The molecule has 2 heterocycles. The Morgan fingerprint density at radius 3 is 2.84 bits per heavy atom. The van der Waals surface area contributed by atoms with E-state index in [9.17, 15) is 18.0 Å². The lowest BCUT2D eigenvalue weighted by atomic mass is 10.3. The van der Waals surface area contributed by atoms with Gasteiger partial charge in [-0.05, 0) is 12.1 Å². The minimum atomic E-state index is -4.49. The molecule has 0 atom stereocenters. The van der Waals surface area contributed by atoms with Crippen LogP contribution in [0, 0.1) is 0 Å². The fraction of sp³-hybridized carbons (Fsp3) is 0.200. The predicted octanol–water partition coefficient (Wildman–Crippen LogP) is 1.15. The third kappa shape index (κ3) is 2.94. The first-order valence-corrected chi connectivity index (χ1v) is 5.09. The zero-order chi connectivity index (χ0) is 14.0. The summed E-state index contributed by atoms with van der Waals surface area (Å²) in [6.07, 6.45) is -2.15. The monoisotopic (exact) mass is 274 g/mol. The van der Waals surface area contributed by atoms with Crippen LogP contribution in [0.4, 0.5) is 13.2 Å². The van der Waals surface area contributed by atoms with Gasteiger partial charge < -0.3 is 4.42 Å². The van der Waals surface area contributed by atoms with E-state index in [1.54, 1.807) is 0 Å². The molecule has 0 saturated heterocycles. The maximum atomic E-state index is 12.3. The molecule has 0 saturated carbocycles. The third-order valence-corrected chi connectivity index (χ3v) is 2.30. The van der Waals surface area contributed by atoms with Gasteiger partial charge >= 0.3 is 6.18 Å². The fourth-order valence-corrected chi connectivity index (χ4v) is 1.43. The van der Waals surface area contributed by atoms with Gasteiger partial charge in [-0.1, -0.05) is 0 Å². The van der Waals surface area contributed by atoms with Crippen LogP contribution >= 0.6 is 0 Å². The van der Waals surface area contributed by atoms with Crippen molar-refractivity contribution in [2.75, 3.05) is 0 Å². The average Bonchev–Trinajstić information content (AvgIpc) is 2.97. The highest BCUT2D eigenvalue weighted by molar-refractivity contribution is 5.93. The van der Waals surface area contributed by atoms with Crippen LogP contribution in [0.5, 0.6) is 0 Å². The van der Waals surface area contributed by atoms with Gasteiger partial charge in [0.1, 0.15) is 12.0 Å². The number of halogens is 3. The average molecular weight is 274 g/mol. The summed E-state index contributed by atoms with van der Waals surface area (Å²) in [6.45, 7) is -0.0199. The van der Waals surface area contributed by atoms with Crippen LogP contribution in [0.1, 0.15) is 21.8 Å². The minimum Gasteiger partial charge on any atom is -0.467 e. The van der Waals surface area contributed by atoms with E-state index in [0.717, 1.165) is 17.0 Å². The highest BCUT2D eigenvalue weighted by atomic mass is 19.4. The molecule has 0 unspecified atom stereocenters. The SMILES string of the molecule is NNC(=O)c1coc(Cn2ccc(C(F)(F)F)n2)c1. The highest BCUT2D eigenvalue weighted by Crippen LogP contribution is 2.27. The lowest BCUT2D eigenvalue weighted by Gasteiger charge is -2.01. The maximum Gasteiger partial charge on any atom is 0.435 e. The van der Waals surface area contributed by atoms with Crippen molar-refractivity contribution in [1.29, 1.82) is 0 Å². The van der Waals surface area contributed by atoms with Crippen molar-refractivity contribution >= 4 is 5.91 Å². The predicted molar refractivity (Wildman–Crippen MR) is 56.7 cm³/mol. The van der Waals surface area contributed by atoms with Crippen molar-refractivity contribution in [2.24, 2.45) is 5.84 Å². The molecule has 6 nitrogen and oxygen atoms in total. The van der Waals surface area contributed by atoms with E-state index < -0.39 is 17.8 Å². The summed E-state index contributed by atoms with van der Waals surface area (Å²) in [7, 11) is 0. The van der Waals surface area contributed by atoms with E-state index in [0.29, 0.717) is 0 Å². The van der Waals surface area contributed by atoms with Crippen molar-refractivity contribution in [1.82, 2.24) is 15.2 Å². The van der Waals surface area contributed by atoms with Gasteiger partial charge in [0.25, 0.3) is 5.91 Å². The van der Waals surface area contributed by atoms with Crippen molar-refractivity contribution in [3.8, 4) is 0 Å². The number of furan rings is 1. The van der Waals surface area contributed by atoms with Crippen LogP contribution in [-0.2, 0) is 12.7 Å². The number of carbonyl (C=O) groups is 1. The molecule has 102 valence electrons. The van der Waals surface area contributed by atoms with E-state index in [1.165, 1.54) is 12.3 Å². The summed E-state index contributed by atoms with van der Waals surface area (Å²) >= 11 is 0. The van der Waals surface area contributed by atoms with Crippen molar-refractivity contribution < 1.29 is 22.4 Å². The van der Waals surface area contributed by atoms with Gasteiger partial charge in [0, 0.05) is 6.20 Å². The summed E-state index contributed by atoms with van der Waals surface area (Å²) in [4.78, 5) is 11.1. The molecule has 1 amide bonds. The number of nitrogen functional groups attached to an aromatic ring is 1. The molecule has 0 radical (unpaired) electrons. The molecule has 9 heteroatoms. The zero-order valence-corrected chi connectivity index (χ0v) is 9.44. The Balaban J connectivity index is 2.11. The lowest BCUT2D eigenvalue weighted by molar-refractivity contribution is -0.141. The maximum absolute atomic E-state index is 12.3. The zero-order valence-electron chi connectivity index (χ0n) is 9.44. The Bertz CT molecular complexity index is 588. The Morgan fingerprint density at radius 2 is 2.26 bits per heavy atom. The molecule has 0 aliphatic rings. The van der Waals surface area contributed by atoms with Crippen molar-refractivity contribution in [3.05, 3.63) is 41.6 Å². The van der Waals surface area contributed by atoms with E-state index in [4.69, 9.17) is 10.3 Å². The molecule has 0 spiro atoms. The second-order valence-corrected chi connectivity index (χ2v) is 3.67. The van der Waals surface area contributed by atoms with Crippen LogP contribution in [0.25, 0.3) is 0 Å².